The van der Waals surface area contributed by atoms with Gasteiger partial charge in [-0.3, -0.25) is 9.69 Å². The molecule has 0 saturated carbocycles. The first kappa shape index (κ1) is 15.6. The molecule has 20 heavy (non-hydrogen) atoms. The van der Waals surface area contributed by atoms with E-state index in [2.05, 4.69) is 17.1 Å². The summed E-state index contributed by atoms with van der Waals surface area (Å²) in [7, 11) is 0. The van der Waals surface area contributed by atoms with Gasteiger partial charge < -0.3 is 5.32 Å². The summed E-state index contributed by atoms with van der Waals surface area (Å²) in [6, 6.07) is 6.32. The second-order valence-corrected chi connectivity index (χ2v) is 6.05. The molecule has 0 spiro atoms. The van der Waals surface area contributed by atoms with Crippen LogP contribution in [0.1, 0.15) is 38.3 Å². The number of hydrogen-bond acceptors (Lipinski definition) is 2. The maximum absolute atomic E-state index is 11.2. The lowest BCUT2D eigenvalue weighted by atomic mass is 9.91. The fraction of sp³-hybridized carbons (Fsp3) is 0.533. The number of hydrogen-bond donors (Lipinski definition) is 1. The largest absolute Gasteiger partial charge is 0.353 e. The molecule has 1 saturated heterocycles. The number of likely N-dealkylation sites (tertiary alicyclic amines) is 1. The fourth-order valence-electron chi connectivity index (χ4n) is 2.88. The van der Waals surface area contributed by atoms with Crippen LogP contribution in [-0.2, 0) is 4.79 Å². The van der Waals surface area contributed by atoms with Crippen molar-refractivity contribution in [3.05, 3.63) is 33.8 Å². The lowest BCUT2D eigenvalue weighted by Gasteiger charge is -2.39. The molecule has 0 aromatic heterocycles. The van der Waals surface area contributed by atoms with E-state index in [0.717, 1.165) is 31.5 Å². The van der Waals surface area contributed by atoms with Gasteiger partial charge in [0.2, 0.25) is 5.91 Å². The van der Waals surface area contributed by atoms with Gasteiger partial charge in [0.1, 0.15) is 0 Å². The van der Waals surface area contributed by atoms with Crippen LogP contribution in [0.4, 0.5) is 0 Å². The summed E-state index contributed by atoms with van der Waals surface area (Å²) in [5.74, 6) is 0.0350. The summed E-state index contributed by atoms with van der Waals surface area (Å²) in [6.07, 6.45) is 1.90. The molecular weight excluding hydrogens is 295 g/mol. The Morgan fingerprint density at radius 1 is 1.40 bits per heavy atom. The van der Waals surface area contributed by atoms with E-state index in [9.17, 15) is 4.79 Å². The molecule has 1 aromatic carbocycles. The number of nitrogens with one attached hydrogen (secondary N) is 1. The molecule has 1 aliphatic rings. The third-order valence-electron chi connectivity index (χ3n) is 3.86. The molecule has 5 heteroatoms. The number of amides is 1. The number of piperidine rings is 1. The van der Waals surface area contributed by atoms with Crippen LogP contribution >= 0.6 is 23.2 Å². The van der Waals surface area contributed by atoms with Crippen LogP contribution in [0.15, 0.2) is 18.2 Å². The van der Waals surface area contributed by atoms with E-state index < -0.39 is 0 Å². The Labute approximate surface area is 130 Å². The zero-order valence-electron chi connectivity index (χ0n) is 11.8. The predicted molar refractivity (Wildman–Crippen MR) is 83.3 cm³/mol. The van der Waals surface area contributed by atoms with Crippen LogP contribution in [0.5, 0.6) is 0 Å². The predicted octanol–water partition coefficient (Wildman–Crippen LogP) is 3.65. The van der Waals surface area contributed by atoms with Crippen molar-refractivity contribution in [3.63, 3.8) is 0 Å². The average molecular weight is 315 g/mol. The number of carbonyl (C=O) groups is 1. The highest BCUT2D eigenvalue weighted by Crippen LogP contribution is 2.34. The van der Waals surface area contributed by atoms with Crippen LogP contribution in [0, 0.1) is 0 Å². The van der Waals surface area contributed by atoms with Gasteiger partial charge in [-0.2, -0.15) is 0 Å². The number of nitrogens with zero attached hydrogens (tertiary/aromatic N) is 1. The Balaban J connectivity index is 2.19. The van der Waals surface area contributed by atoms with E-state index in [1.165, 1.54) is 0 Å². The molecule has 1 N–H and O–H groups in total. The third kappa shape index (κ3) is 3.66. The molecular formula is C15H20Cl2N2O. The zero-order valence-corrected chi connectivity index (χ0v) is 13.3. The molecule has 0 aliphatic carbocycles. The van der Waals surface area contributed by atoms with Crippen LogP contribution < -0.4 is 5.32 Å². The molecule has 110 valence electrons. The van der Waals surface area contributed by atoms with E-state index in [1.807, 2.05) is 18.2 Å². The summed E-state index contributed by atoms with van der Waals surface area (Å²) >= 11 is 12.1. The van der Waals surface area contributed by atoms with Crippen LogP contribution in [0.3, 0.4) is 0 Å². The number of halogens is 2. The Kier molecular flexibility index (Phi) is 5.30. The molecule has 0 bridgehead atoms. The quantitative estimate of drug-likeness (QED) is 0.923. The molecule has 1 heterocycles. The summed E-state index contributed by atoms with van der Waals surface area (Å²) in [5, 5.41) is 4.19. The number of carbonyl (C=O) groups excluding carboxylic acids is 1. The minimum Gasteiger partial charge on any atom is -0.353 e. The van der Waals surface area contributed by atoms with Gasteiger partial charge in [-0.05, 0) is 37.1 Å². The molecule has 1 fully saturated rings. The second-order valence-electron chi connectivity index (χ2n) is 5.24. The number of rotatable bonds is 3. The maximum atomic E-state index is 11.2. The average Bonchev–Trinajstić information content (AvgIpc) is 2.41. The Morgan fingerprint density at radius 2 is 2.15 bits per heavy atom. The van der Waals surface area contributed by atoms with Gasteiger partial charge in [-0.1, -0.05) is 36.2 Å². The fourth-order valence-corrected chi connectivity index (χ4v) is 3.18. The molecule has 0 radical (unpaired) electrons. The molecule has 1 aromatic rings. The summed E-state index contributed by atoms with van der Waals surface area (Å²) in [5.41, 5.74) is 1.16. The van der Waals surface area contributed by atoms with Crippen molar-refractivity contribution >= 4 is 29.1 Å². The minimum absolute atomic E-state index is 0.0350. The van der Waals surface area contributed by atoms with E-state index in [1.54, 1.807) is 6.92 Å². The minimum atomic E-state index is 0.0350. The summed E-state index contributed by atoms with van der Waals surface area (Å²) < 4.78 is 0. The second kappa shape index (κ2) is 6.79. The molecule has 2 rings (SSSR count). The molecule has 2 atom stereocenters. The first-order valence-corrected chi connectivity index (χ1v) is 7.73. The molecule has 3 nitrogen and oxygen atoms in total. The van der Waals surface area contributed by atoms with Crippen molar-refractivity contribution < 1.29 is 4.79 Å². The van der Waals surface area contributed by atoms with Gasteiger partial charge in [0.25, 0.3) is 0 Å². The van der Waals surface area contributed by atoms with Crippen molar-refractivity contribution in [2.75, 3.05) is 13.1 Å². The first-order valence-electron chi connectivity index (χ1n) is 6.97. The molecule has 1 amide bonds. The standard InChI is InChI=1S/C15H20Cl2N2O/c1-3-19-7-6-12(18-10(2)20)9-15(19)11-4-5-13(16)14(17)8-11/h4-5,8,12,15H,3,6-7,9H2,1-2H3,(H,18,20). The SMILES string of the molecule is CCN1CCC(NC(C)=O)CC1c1ccc(Cl)c(Cl)c1. The van der Waals surface area contributed by atoms with Crippen molar-refractivity contribution in [2.45, 2.75) is 38.8 Å². The van der Waals surface area contributed by atoms with Crippen LogP contribution in [0.25, 0.3) is 0 Å². The highest BCUT2D eigenvalue weighted by molar-refractivity contribution is 6.42. The smallest absolute Gasteiger partial charge is 0.217 e. The normalized spacial score (nSPS) is 23.6. The highest BCUT2D eigenvalue weighted by Gasteiger charge is 2.29. The number of benzene rings is 1. The Hall–Kier alpha value is -0.770. The zero-order chi connectivity index (χ0) is 14.7. The van der Waals surface area contributed by atoms with Crippen LogP contribution in [0.2, 0.25) is 10.0 Å². The van der Waals surface area contributed by atoms with Crippen molar-refractivity contribution in [1.82, 2.24) is 10.2 Å². The van der Waals surface area contributed by atoms with Gasteiger partial charge >= 0.3 is 0 Å². The van der Waals surface area contributed by atoms with Gasteiger partial charge in [0, 0.05) is 25.6 Å². The topological polar surface area (TPSA) is 32.3 Å². The summed E-state index contributed by atoms with van der Waals surface area (Å²) in [4.78, 5) is 13.7. The van der Waals surface area contributed by atoms with Gasteiger partial charge in [0.15, 0.2) is 0 Å². The Morgan fingerprint density at radius 3 is 2.75 bits per heavy atom. The van der Waals surface area contributed by atoms with E-state index in [0.29, 0.717) is 10.0 Å². The van der Waals surface area contributed by atoms with Gasteiger partial charge in [0.05, 0.1) is 10.0 Å². The van der Waals surface area contributed by atoms with E-state index in [-0.39, 0.29) is 18.0 Å². The van der Waals surface area contributed by atoms with Crippen molar-refractivity contribution in [1.29, 1.82) is 0 Å². The lowest BCUT2D eigenvalue weighted by molar-refractivity contribution is -0.120. The van der Waals surface area contributed by atoms with Crippen molar-refractivity contribution in [3.8, 4) is 0 Å². The summed E-state index contributed by atoms with van der Waals surface area (Å²) in [6.45, 7) is 5.69. The first-order chi connectivity index (χ1) is 9.51. The highest BCUT2D eigenvalue weighted by atomic mass is 35.5. The van der Waals surface area contributed by atoms with Crippen LogP contribution in [-0.4, -0.2) is 29.9 Å². The van der Waals surface area contributed by atoms with E-state index in [4.69, 9.17) is 23.2 Å². The van der Waals surface area contributed by atoms with Gasteiger partial charge in [-0.15, -0.1) is 0 Å². The maximum Gasteiger partial charge on any atom is 0.217 e. The third-order valence-corrected chi connectivity index (χ3v) is 4.59. The Bertz CT molecular complexity index is 493. The monoisotopic (exact) mass is 314 g/mol. The molecule has 1 aliphatic heterocycles. The van der Waals surface area contributed by atoms with E-state index >= 15 is 0 Å². The van der Waals surface area contributed by atoms with Gasteiger partial charge in [-0.25, -0.2) is 0 Å². The van der Waals surface area contributed by atoms with Crippen molar-refractivity contribution in [2.24, 2.45) is 0 Å². The lowest BCUT2D eigenvalue weighted by Crippen LogP contribution is -2.45. The molecule has 2 unspecified atom stereocenters.